The van der Waals surface area contributed by atoms with Crippen LogP contribution >= 0.6 is 0 Å². The molecule has 0 aromatic heterocycles. The molecular formula is C51H67N7O13. The third-order valence-corrected chi connectivity index (χ3v) is 14.1. The summed E-state index contributed by atoms with van der Waals surface area (Å²) in [5, 5.41) is 39.8. The number of hydrogen-bond acceptors (Lipinski definition) is 12. The molecule has 6 N–H and O–H groups in total. The van der Waals surface area contributed by atoms with Crippen LogP contribution in [-0.4, -0.2) is 169 Å². The van der Waals surface area contributed by atoms with Crippen LogP contribution in [-0.2, 0) is 60.7 Å². The number of esters is 1. The number of fused-ring (bicyclic) bond motifs is 3. The summed E-state index contributed by atoms with van der Waals surface area (Å²) in [6.45, 7) is 5.46. The lowest BCUT2D eigenvalue weighted by atomic mass is 9.91. The number of carbonyl (C=O) groups is 9. The van der Waals surface area contributed by atoms with Crippen molar-refractivity contribution in [3.8, 4) is 0 Å². The maximum atomic E-state index is 14.9. The third-order valence-electron chi connectivity index (χ3n) is 14.1. The van der Waals surface area contributed by atoms with Crippen molar-refractivity contribution in [2.24, 2.45) is 11.8 Å². The molecule has 20 nitrogen and oxygen atoms in total. The molecule has 6 rings (SSSR count). The Balaban J connectivity index is 1.39. The Morgan fingerprint density at radius 1 is 0.845 bits per heavy atom. The molecule has 10 atom stereocenters. The topological polar surface area (TPSA) is 273 Å². The zero-order valence-electron chi connectivity index (χ0n) is 40.9. The number of nitrogens with one attached hydrogen (secondary N) is 3. The van der Waals surface area contributed by atoms with E-state index < -0.39 is 133 Å². The van der Waals surface area contributed by atoms with Crippen molar-refractivity contribution in [1.29, 1.82) is 0 Å². The number of aliphatic hydroxyl groups is 2. The molecule has 3 saturated heterocycles. The molecule has 0 unspecified atom stereocenters. The normalized spacial score (nSPS) is 26.9. The van der Waals surface area contributed by atoms with E-state index in [0.717, 1.165) is 9.80 Å². The Hall–Kier alpha value is -6.67. The van der Waals surface area contributed by atoms with Crippen LogP contribution in [0.1, 0.15) is 83.8 Å². The van der Waals surface area contributed by atoms with E-state index in [9.17, 15) is 58.5 Å². The first-order valence-corrected chi connectivity index (χ1v) is 24.4. The van der Waals surface area contributed by atoms with Crippen LogP contribution in [0.5, 0.6) is 0 Å². The number of carbonyl (C=O) groups excluding carboxylic acids is 8. The van der Waals surface area contributed by atoms with E-state index in [1.54, 1.807) is 74.5 Å². The smallest absolute Gasteiger partial charge is 0.355 e. The molecule has 3 fully saturated rings. The number of carboxylic acids is 1. The largest absolute Gasteiger partial charge is 0.481 e. The molecule has 2 aromatic carbocycles. The van der Waals surface area contributed by atoms with Gasteiger partial charge in [0.2, 0.25) is 41.4 Å². The van der Waals surface area contributed by atoms with Crippen molar-refractivity contribution in [3.63, 3.8) is 0 Å². The maximum absolute atomic E-state index is 14.9. The number of hydrogen-bond donors (Lipinski definition) is 6. The SMILES string of the molecule is CC(C)[C@H](CC(=O)N(C)[C@H](Cc1ccccc1)C(=O)N[C@@H]1C(=O)NCC(=O)N2CC[C@@H](O)C[C@@H]2C(=O)N[C@H](Cc2ccccc2)C(=O)N2CCCC[C@H]2C(=O)N2C(=CC[C@@H](O)[C@@H]2C)C(=O)O[C@@H]1C)C(=O)O. The lowest BCUT2D eigenvalue weighted by molar-refractivity contribution is -0.157. The maximum Gasteiger partial charge on any atom is 0.355 e. The minimum Gasteiger partial charge on any atom is -0.481 e. The number of aliphatic hydroxyl groups excluding tert-OH is 2. The Kier molecular flexibility index (Phi) is 18.1. The number of piperidine rings is 2. The highest BCUT2D eigenvalue weighted by molar-refractivity contribution is 6.00. The van der Waals surface area contributed by atoms with E-state index in [0.29, 0.717) is 24.0 Å². The van der Waals surface area contributed by atoms with E-state index in [2.05, 4.69) is 16.0 Å². The number of ether oxygens (including phenoxy) is 1. The molecule has 20 heteroatoms. The summed E-state index contributed by atoms with van der Waals surface area (Å²) in [7, 11) is 1.34. The predicted octanol–water partition coefficient (Wildman–Crippen LogP) is 0.675. The van der Waals surface area contributed by atoms with Gasteiger partial charge in [-0.1, -0.05) is 80.6 Å². The van der Waals surface area contributed by atoms with E-state index >= 15 is 0 Å². The Labute approximate surface area is 413 Å². The molecule has 0 saturated carbocycles. The molecular weight excluding hydrogens is 919 g/mol. The fraction of sp³-hybridized carbons (Fsp3) is 0.549. The van der Waals surface area contributed by atoms with Crippen molar-refractivity contribution < 1.29 is 63.2 Å². The highest BCUT2D eigenvalue weighted by Gasteiger charge is 2.46. The van der Waals surface area contributed by atoms with Crippen LogP contribution in [0, 0.1) is 11.8 Å². The second-order valence-electron chi connectivity index (χ2n) is 19.3. The van der Waals surface area contributed by atoms with Crippen LogP contribution in [0.25, 0.3) is 0 Å². The van der Waals surface area contributed by atoms with Gasteiger partial charge in [0.25, 0.3) is 0 Å². The fourth-order valence-electron chi connectivity index (χ4n) is 9.72. The highest BCUT2D eigenvalue weighted by Crippen LogP contribution is 2.30. The van der Waals surface area contributed by atoms with Crippen LogP contribution < -0.4 is 16.0 Å². The standard InChI is InChI=1S/C51H67N7O13/c1-29(2)35(50(68)69)27-42(61)55(5)39(25-33-16-10-7-11-17-33)45(63)54-44-31(4)71-51(70)38-19-20-41(60)30(3)58(38)49(67)37-18-12-13-22-57(37)48(66)36(24-32-14-8-6-9-15-32)53-46(64)40-26-34(59)21-23-56(40)43(62)28-52-47(44)65/h6-11,14-17,19,29-31,34-37,39-41,44,59-60H,12-13,18,20-28H2,1-5H3,(H,52,65)(H,53,64)(H,54,63)(H,68,69)/t30-,31+,34+,35-,36+,37-,39+,40+,41+,44-/m0/s1. The van der Waals surface area contributed by atoms with Gasteiger partial charge < -0.3 is 50.7 Å². The molecule has 0 spiro atoms. The van der Waals surface area contributed by atoms with Crippen LogP contribution in [0.15, 0.2) is 72.4 Å². The molecule has 0 aliphatic carbocycles. The first-order chi connectivity index (χ1) is 33.8. The lowest BCUT2D eigenvalue weighted by Crippen LogP contribution is -2.62. The lowest BCUT2D eigenvalue weighted by Gasteiger charge is -2.43. The highest BCUT2D eigenvalue weighted by atomic mass is 16.5. The second-order valence-corrected chi connectivity index (χ2v) is 19.3. The van der Waals surface area contributed by atoms with E-state index in [4.69, 9.17) is 4.74 Å². The molecule has 0 bridgehead atoms. The van der Waals surface area contributed by atoms with Gasteiger partial charge in [0.05, 0.1) is 30.7 Å². The minimum absolute atomic E-state index is 0.000361. The van der Waals surface area contributed by atoms with Crippen molar-refractivity contribution in [1.82, 2.24) is 35.6 Å². The second kappa shape index (κ2) is 24.0. The van der Waals surface area contributed by atoms with E-state index in [-0.39, 0.29) is 57.3 Å². The predicted molar refractivity (Wildman–Crippen MR) is 255 cm³/mol. The van der Waals surface area contributed by atoms with Crippen molar-refractivity contribution in [2.45, 2.75) is 140 Å². The number of amides is 7. The first kappa shape index (κ1) is 53.7. The Morgan fingerprint density at radius 3 is 2.15 bits per heavy atom. The monoisotopic (exact) mass is 985 g/mol. The number of benzene rings is 2. The fourth-order valence-corrected chi connectivity index (χ4v) is 9.72. The third kappa shape index (κ3) is 13.0. The molecule has 4 heterocycles. The van der Waals surface area contributed by atoms with Crippen LogP contribution in [0.2, 0.25) is 0 Å². The van der Waals surface area contributed by atoms with Gasteiger partial charge in [0, 0.05) is 45.8 Å². The van der Waals surface area contributed by atoms with Crippen LogP contribution in [0.3, 0.4) is 0 Å². The summed E-state index contributed by atoms with van der Waals surface area (Å²) in [4.78, 5) is 132. The number of nitrogens with zero attached hydrogens (tertiary/aromatic N) is 4. The quantitative estimate of drug-likeness (QED) is 0.169. The molecule has 7 amide bonds. The van der Waals surface area contributed by atoms with Gasteiger partial charge in [-0.25, -0.2) is 4.79 Å². The Bertz CT molecular complexity index is 2330. The van der Waals surface area contributed by atoms with Gasteiger partial charge in [-0.2, -0.15) is 0 Å². The van der Waals surface area contributed by atoms with Crippen LogP contribution in [0.4, 0.5) is 0 Å². The van der Waals surface area contributed by atoms with E-state index in [1.165, 1.54) is 36.8 Å². The van der Waals surface area contributed by atoms with Crippen molar-refractivity contribution >= 4 is 53.3 Å². The number of cyclic esters (lactones) is 1. The van der Waals surface area contributed by atoms with Gasteiger partial charge in [0.1, 0.15) is 42.0 Å². The zero-order chi connectivity index (χ0) is 51.7. The van der Waals surface area contributed by atoms with Gasteiger partial charge in [0.15, 0.2) is 0 Å². The molecule has 4 aliphatic heterocycles. The first-order valence-electron chi connectivity index (χ1n) is 24.4. The number of aliphatic carboxylic acids is 1. The van der Waals surface area contributed by atoms with Gasteiger partial charge >= 0.3 is 11.9 Å². The average molecular weight is 986 g/mol. The average Bonchev–Trinajstić information content (AvgIpc) is 3.35. The summed E-state index contributed by atoms with van der Waals surface area (Å²) in [6.07, 6.45) is -1.83. The molecule has 0 radical (unpaired) electrons. The number of rotatable bonds is 11. The number of likely N-dealkylation sites (N-methyl/N-ethyl adjacent to an activating group) is 1. The molecule has 4 aliphatic rings. The van der Waals surface area contributed by atoms with Gasteiger partial charge in [-0.15, -0.1) is 0 Å². The van der Waals surface area contributed by atoms with Gasteiger partial charge in [-0.05, 0) is 63.0 Å². The molecule has 71 heavy (non-hydrogen) atoms. The summed E-state index contributed by atoms with van der Waals surface area (Å²) < 4.78 is 5.93. The molecule has 2 aromatic rings. The summed E-state index contributed by atoms with van der Waals surface area (Å²) in [6, 6.07) is 9.70. The Morgan fingerprint density at radius 2 is 1.51 bits per heavy atom. The van der Waals surface area contributed by atoms with Crippen molar-refractivity contribution in [3.05, 3.63) is 83.6 Å². The minimum atomic E-state index is -1.77. The summed E-state index contributed by atoms with van der Waals surface area (Å²) in [5.41, 5.74) is 1.01. The number of carboxylic acid groups (broad SMARTS) is 1. The summed E-state index contributed by atoms with van der Waals surface area (Å²) in [5.74, 6) is -9.17. The van der Waals surface area contributed by atoms with Gasteiger partial charge in [-0.3, -0.25) is 43.3 Å². The van der Waals surface area contributed by atoms with Crippen molar-refractivity contribution in [2.75, 3.05) is 26.7 Å². The van der Waals surface area contributed by atoms with E-state index in [1.807, 2.05) is 0 Å². The molecule has 384 valence electrons. The summed E-state index contributed by atoms with van der Waals surface area (Å²) >= 11 is 0. The zero-order valence-corrected chi connectivity index (χ0v) is 40.9.